The predicted molar refractivity (Wildman–Crippen MR) is 51.6 cm³/mol. The van der Waals surface area contributed by atoms with Gasteiger partial charge in [0.25, 0.3) is 0 Å². The van der Waals surface area contributed by atoms with Crippen LogP contribution in [0.2, 0.25) is 0 Å². The Morgan fingerprint density at radius 2 is 2.13 bits per heavy atom. The fraction of sp³-hybridized carbons (Fsp3) is 0.400. The molecule has 0 bridgehead atoms. The average Bonchev–Trinajstić information content (AvgIpc) is 2.95. The van der Waals surface area contributed by atoms with Gasteiger partial charge in [0.15, 0.2) is 0 Å². The first-order valence-electron chi connectivity index (χ1n) is 4.66. The maximum Gasteiger partial charge on any atom is 0.416 e. The number of alkyl halides is 3. The standard InChI is InChI=1S/C10H11F3N2/c11-10(12,13)7-2-1-3-8(4-7)15-6-9(15)5-14/h1-4,9H,5-6,14H2. The molecular formula is C10H11F3N2. The SMILES string of the molecule is NCC1CN1c1cccc(C(F)(F)F)c1. The molecule has 1 fully saturated rings. The topological polar surface area (TPSA) is 29.0 Å². The third kappa shape index (κ3) is 2.07. The molecule has 1 heterocycles. The third-order valence-electron chi connectivity index (χ3n) is 2.49. The van der Waals surface area contributed by atoms with Crippen molar-refractivity contribution in [1.29, 1.82) is 0 Å². The van der Waals surface area contributed by atoms with Gasteiger partial charge in [-0.2, -0.15) is 13.2 Å². The molecule has 82 valence electrons. The monoisotopic (exact) mass is 216 g/mol. The van der Waals surface area contributed by atoms with E-state index in [9.17, 15) is 13.2 Å². The van der Waals surface area contributed by atoms with Crippen LogP contribution in [0.1, 0.15) is 5.56 Å². The Hall–Kier alpha value is -1.23. The molecule has 0 aromatic heterocycles. The highest BCUT2D eigenvalue weighted by atomic mass is 19.4. The van der Waals surface area contributed by atoms with E-state index in [0.29, 0.717) is 12.2 Å². The molecule has 1 aliphatic rings. The van der Waals surface area contributed by atoms with Crippen LogP contribution in [-0.4, -0.2) is 19.1 Å². The molecule has 0 amide bonds. The van der Waals surface area contributed by atoms with Gasteiger partial charge in [-0.15, -0.1) is 0 Å². The molecule has 2 N–H and O–H groups in total. The Kier molecular flexibility index (Phi) is 2.34. The van der Waals surface area contributed by atoms with E-state index in [4.69, 9.17) is 5.73 Å². The lowest BCUT2D eigenvalue weighted by Crippen LogP contribution is -2.12. The molecule has 0 radical (unpaired) electrons. The van der Waals surface area contributed by atoms with Gasteiger partial charge in [-0.3, -0.25) is 0 Å². The van der Waals surface area contributed by atoms with Crippen LogP contribution >= 0.6 is 0 Å². The lowest BCUT2D eigenvalue weighted by molar-refractivity contribution is -0.137. The first-order chi connectivity index (χ1) is 7.02. The zero-order valence-electron chi connectivity index (χ0n) is 7.96. The molecule has 1 saturated heterocycles. The molecule has 1 unspecified atom stereocenters. The van der Waals surface area contributed by atoms with E-state index in [2.05, 4.69) is 0 Å². The van der Waals surface area contributed by atoms with Crippen molar-refractivity contribution in [2.24, 2.45) is 5.73 Å². The minimum atomic E-state index is -4.27. The number of benzene rings is 1. The second-order valence-corrected chi connectivity index (χ2v) is 3.59. The molecule has 1 aliphatic heterocycles. The summed E-state index contributed by atoms with van der Waals surface area (Å²) in [6.45, 7) is 1.23. The highest BCUT2D eigenvalue weighted by Crippen LogP contribution is 2.34. The zero-order valence-corrected chi connectivity index (χ0v) is 7.96. The van der Waals surface area contributed by atoms with Crippen molar-refractivity contribution in [3.8, 4) is 0 Å². The van der Waals surface area contributed by atoms with Gasteiger partial charge in [-0.05, 0) is 18.2 Å². The number of nitrogens with zero attached hydrogens (tertiary/aromatic N) is 1. The largest absolute Gasteiger partial charge is 0.416 e. The van der Waals surface area contributed by atoms with Crippen molar-refractivity contribution in [2.75, 3.05) is 18.0 Å². The molecule has 0 saturated carbocycles. The van der Waals surface area contributed by atoms with Gasteiger partial charge in [0.05, 0.1) is 11.6 Å². The second kappa shape index (κ2) is 3.41. The normalized spacial score (nSPS) is 20.5. The maximum atomic E-state index is 12.4. The first kappa shape index (κ1) is 10.3. The van der Waals surface area contributed by atoms with Crippen molar-refractivity contribution < 1.29 is 13.2 Å². The Labute approximate surface area is 85.5 Å². The summed E-state index contributed by atoms with van der Waals surface area (Å²) in [4.78, 5) is 1.86. The zero-order chi connectivity index (χ0) is 11.1. The summed E-state index contributed by atoms with van der Waals surface area (Å²) < 4.78 is 37.2. The van der Waals surface area contributed by atoms with E-state index in [0.717, 1.165) is 18.7 Å². The number of hydrogen-bond acceptors (Lipinski definition) is 2. The van der Waals surface area contributed by atoms with Crippen molar-refractivity contribution in [1.82, 2.24) is 0 Å². The molecule has 1 aromatic carbocycles. The Bertz CT molecular complexity index is 362. The van der Waals surface area contributed by atoms with Gasteiger partial charge in [0.2, 0.25) is 0 Å². The Balaban J connectivity index is 2.21. The highest BCUT2D eigenvalue weighted by Gasteiger charge is 2.35. The van der Waals surface area contributed by atoms with Gasteiger partial charge in [-0.1, -0.05) is 6.07 Å². The summed E-state index contributed by atoms with van der Waals surface area (Å²) in [6, 6.07) is 5.53. The highest BCUT2D eigenvalue weighted by molar-refractivity contribution is 5.55. The van der Waals surface area contributed by atoms with E-state index >= 15 is 0 Å². The third-order valence-corrected chi connectivity index (χ3v) is 2.49. The Morgan fingerprint density at radius 1 is 1.40 bits per heavy atom. The molecule has 2 nitrogen and oxygen atoms in total. The molecular weight excluding hydrogens is 205 g/mol. The fourth-order valence-corrected chi connectivity index (χ4v) is 1.56. The van der Waals surface area contributed by atoms with Crippen molar-refractivity contribution in [2.45, 2.75) is 12.2 Å². The molecule has 0 aliphatic carbocycles. The van der Waals surface area contributed by atoms with Gasteiger partial charge in [-0.25, -0.2) is 0 Å². The van der Waals surface area contributed by atoms with Crippen LogP contribution in [0.3, 0.4) is 0 Å². The van der Waals surface area contributed by atoms with E-state index in [1.54, 1.807) is 6.07 Å². The first-order valence-corrected chi connectivity index (χ1v) is 4.66. The molecule has 1 atom stereocenters. The van der Waals surface area contributed by atoms with Crippen LogP contribution in [0, 0.1) is 0 Å². The van der Waals surface area contributed by atoms with E-state index in [1.165, 1.54) is 6.07 Å². The molecule has 1 aromatic rings. The summed E-state index contributed by atoms with van der Waals surface area (Å²) >= 11 is 0. The molecule has 5 heteroatoms. The van der Waals surface area contributed by atoms with Crippen molar-refractivity contribution in [3.63, 3.8) is 0 Å². The van der Waals surface area contributed by atoms with Gasteiger partial charge in [0.1, 0.15) is 0 Å². The van der Waals surface area contributed by atoms with Gasteiger partial charge in [0, 0.05) is 18.8 Å². The van der Waals surface area contributed by atoms with Gasteiger partial charge < -0.3 is 10.6 Å². The quantitative estimate of drug-likeness (QED) is 0.764. The van der Waals surface area contributed by atoms with Crippen molar-refractivity contribution >= 4 is 5.69 Å². The molecule has 2 rings (SSSR count). The van der Waals surface area contributed by atoms with Crippen LogP contribution in [0.15, 0.2) is 24.3 Å². The number of nitrogens with two attached hydrogens (primary N) is 1. The predicted octanol–water partition coefficient (Wildman–Crippen LogP) is 1.85. The van der Waals surface area contributed by atoms with E-state index < -0.39 is 11.7 Å². The van der Waals surface area contributed by atoms with Crippen LogP contribution in [-0.2, 0) is 6.18 Å². The lowest BCUT2D eigenvalue weighted by Gasteiger charge is -2.10. The smallest absolute Gasteiger partial charge is 0.363 e. The summed E-state index contributed by atoms with van der Waals surface area (Å²) in [5.41, 5.74) is 5.41. The Morgan fingerprint density at radius 3 is 2.67 bits per heavy atom. The number of hydrogen-bond donors (Lipinski definition) is 1. The molecule has 15 heavy (non-hydrogen) atoms. The number of anilines is 1. The average molecular weight is 216 g/mol. The van der Waals surface area contributed by atoms with E-state index in [1.807, 2.05) is 4.90 Å². The second-order valence-electron chi connectivity index (χ2n) is 3.59. The van der Waals surface area contributed by atoms with Gasteiger partial charge >= 0.3 is 6.18 Å². The lowest BCUT2D eigenvalue weighted by atomic mass is 10.2. The minimum absolute atomic E-state index is 0.202. The number of halogens is 3. The summed E-state index contributed by atoms with van der Waals surface area (Å²) in [6.07, 6.45) is -4.27. The summed E-state index contributed by atoms with van der Waals surface area (Å²) in [5.74, 6) is 0. The maximum absolute atomic E-state index is 12.4. The number of rotatable bonds is 2. The van der Waals surface area contributed by atoms with Crippen LogP contribution in [0.5, 0.6) is 0 Å². The summed E-state index contributed by atoms with van der Waals surface area (Å²) in [7, 11) is 0. The summed E-state index contributed by atoms with van der Waals surface area (Å²) in [5, 5.41) is 0. The van der Waals surface area contributed by atoms with Crippen molar-refractivity contribution in [3.05, 3.63) is 29.8 Å². The van der Waals surface area contributed by atoms with Crippen LogP contribution in [0.25, 0.3) is 0 Å². The van der Waals surface area contributed by atoms with E-state index in [-0.39, 0.29) is 6.04 Å². The minimum Gasteiger partial charge on any atom is -0.363 e. The molecule has 0 spiro atoms. The fourth-order valence-electron chi connectivity index (χ4n) is 1.56. The van der Waals surface area contributed by atoms with Crippen LogP contribution in [0.4, 0.5) is 18.9 Å². The van der Waals surface area contributed by atoms with Crippen LogP contribution < -0.4 is 10.6 Å².